The first-order valence-corrected chi connectivity index (χ1v) is 7.89. The number of alkyl halides is 11. The average molecular weight is 511 g/mol. The Morgan fingerprint density at radius 1 is 0.812 bits per heavy atom. The van der Waals surface area contributed by atoms with Crippen molar-refractivity contribution < 1.29 is 72.4 Å². The second-order valence-corrected chi connectivity index (χ2v) is 6.01. The van der Waals surface area contributed by atoms with E-state index in [1.54, 1.807) is 0 Å². The van der Waals surface area contributed by atoms with Crippen LogP contribution in [0.5, 0.6) is 5.75 Å². The van der Waals surface area contributed by atoms with Gasteiger partial charge in [0.15, 0.2) is 0 Å². The number of hydrogen-bond acceptors (Lipinski definition) is 6. The fourth-order valence-corrected chi connectivity index (χ4v) is 1.91. The molecule has 182 valence electrons. The van der Waals surface area contributed by atoms with Crippen LogP contribution in [0.3, 0.4) is 0 Å². The summed E-state index contributed by atoms with van der Waals surface area (Å²) < 4.78 is 145. The summed E-state index contributed by atoms with van der Waals surface area (Å²) >= 11 is 4.36. The van der Waals surface area contributed by atoms with Crippen LogP contribution in [0.4, 0.5) is 43.9 Å². The third kappa shape index (κ3) is 5.28. The molecule has 0 aliphatic carbocycles. The van der Waals surface area contributed by atoms with Crippen LogP contribution in [-0.2, 0) is 14.2 Å². The molecule has 1 unspecified atom stereocenters. The normalized spacial score (nSPS) is 15.0. The predicted molar refractivity (Wildman–Crippen MR) is 81.4 cm³/mol. The van der Waals surface area contributed by atoms with Gasteiger partial charge in [-0.25, -0.2) is 9.59 Å². The average Bonchev–Trinajstić information content (AvgIpc) is 2.64. The van der Waals surface area contributed by atoms with E-state index in [0.29, 0.717) is 6.07 Å². The number of ether oxygens (including phenoxy) is 4. The van der Waals surface area contributed by atoms with Gasteiger partial charge >= 0.3 is 41.6 Å². The van der Waals surface area contributed by atoms with Crippen LogP contribution < -0.4 is 4.74 Å². The van der Waals surface area contributed by atoms with Gasteiger partial charge in [0.05, 0.1) is 19.8 Å². The monoisotopic (exact) mass is 510 g/mol. The lowest BCUT2D eigenvalue weighted by molar-refractivity contribution is -0.469. The smallest absolute Gasteiger partial charge is 0.465 e. The molecule has 0 spiro atoms. The molecule has 0 aromatic heterocycles. The molecule has 1 aromatic carbocycles. The number of methoxy groups -OCH3 is 2. The van der Waals surface area contributed by atoms with Gasteiger partial charge < -0.3 is 14.2 Å². The molecule has 0 saturated carbocycles. The molecule has 17 heteroatoms. The summed E-state index contributed by atoms with van der Waals surface area (Å²) in [6.45, 7) is 0. The Kier molecular flexibility index (Phi) is 7.58. The van der Waals surface area contributed by atoms with Crippen LogP contribution in [0.15, 0.2) is 18.2 Å². The fourth-order valence-electron chi connectivity index (χ4n) is 1.78. The highest BCUT2D eigenvalue weighted by Crippen LogP contribution is 2.52. The first-order chi connectivity index (χ1) is 14.2. The Morgan fingerprint density at radius 2 is 1.31 bits per heavy atom. The molecule has 1 aromatic rings. The van der Waals surface area contributed by atoms with Crippen molar-refractivity contribution in [3.63, 3.8) is 0 Å². The first-order valence-electron chi connectivity index (χ1n) is 7.52. The molecule has 1 rings (SSSR count). The molecular weight excluding hydrogens is 502 g/mol. The molecule has 1 atom stereocenters. The Balaban J connectivity index is 3.41. The second kappa shape index (κ2) is 8.80. The molecule has 0 aliphatic rings. The van der Waals surface area contributed by atoms with Gasteiger partial charge in [0.1, 0.15) is 11.3 Å². The van der Waals surface area contributed by atoms with Crippen molar-refractivity contribution in [2.24, 2.45) is 0 Å². The molecule has 0 saturated heterocycles. The zero-order chi connectivity index (χ0) is 25.3. The Bertz CT molecular complexity index is 871. The summed E-state index contributed by atoms with van der Waals surface area (Å²) in [5.74, 6) is -11.4. The highest BCUT2D eigenvalue weighted by atomic mass is 35.5. The fraction of sp³-hybridized carbons (Fsp3) is 0.467. The topological polar surface area (TPSA) is 71.1 Å². The SMILES string of the molecule is COC(=O)c1ccc(C(=O)OC)c(OC(F)(F)C(F)(Cl)OC(F)(F)C(F)(F)C(F)(F)F)c1. The number of halogens is 11. The van der Waals surface area contributed by atoms with Gasteiger partial charge in [-0.05, 0) is 29.8 Å². The van der Waals surface area contributed by atoms with Crippen molar-refractivity contribution in [3.05, 3.63) is 29.3 Å². The van der Waals surface area contributed by atoms with E-state index < -0.39 is 58.4 Å². The summed E-state index contributed by atoms with van der Waals surface area (Å²) in [4.78, 5) is 23.1. The van der Waals surface area contributed by atoms with Gasteiger partial charge in [-0.3, -0.25) is 4.74 Å². The largest absolute Gasteiger partial charge is 0.476 e. The minimum Gasteiger partial charge on any atom is -0.465 e. The van der Waals surface area contributed by atoms with Gasteiger partial charge in [-0.2, -0.15) is 43.9 Å². The van der Waals surface area contributed by atoms with E-state index in [-0.39, 0.29) is 6.07 Å². The second-order valence-electron chi connectivity index (χ2n) is 5.52. The van der Waals surface area contributed by atoms with Crippen LogP contribution in [-0.4, -0.2) is 55.8 Å². The summed E-state index contributed by atoms with van der Waals surface area (Å²) in [5, 5.41) is -5.86. The van der Waals surface area contributed by atoms with Gasteiger partial charge in [0.25, 0.3) is 0 Å². The lowest BCUT2D eigenvalue weighted by Gasteiger charge is -2.34. The molecule has 0 bridgehead atoms. The number of carbonyl (C=O) groups excluding carboxylic acids is 2. The molecule has 6 nitrogen and oxygen atoms in total. The van der Waals surface area contributed by atoms with E-state index in [1.165, 1.54) is 0 Å². The number of benzene rings is 1. The lowest BCUT2D eigenvalue weighted by atomic mass is 10.1. The maximum absolute atomic E-state index is 14.1. The van der Waals surface area contributed by atoms with Crippen LogP contribution in [0.25, 0.3) is 0 Å². The minimum absolute atomic E-state index is 0.279. The molecule has 0 fully saturated rings. The van der Waals surface area contributed by atoms with Crippen molar-refractivity contribution in [3.8, 4) is 5.75 Å². The standard InChI is InChI=1S/C15H9ClF10O6/c1-29-9(27)6-3-4-7(10(28)30-2)8(5-6)31-15(25,26)12(16,19)32-14(23,24)11(17,18)13(20,21)22/h3-5H,1-2H3. The molecule has 0 amide bonds. The van der Waals surface area contributed by atoms with E-state index in [4.69, 9.17) is 0 Å². The van der Waals surface area contributed by atoms with E-state index in [9.17, 15) is 53.5 Å². The van der Waals surface area contributed by atoms with Crippen LogP contribution >= 0.6 is 11.6 Å². The molecular formula is C15H9ClF10O6. The van der Waals surface area contributed by atoms with Crippen molar-refractivity contribution in [2.75, 3.05) is 14.2 Å². The van der Waals surface area contributed by atoms with Crippen molar-refractivity contribution >= 4 is 23.5 Å². The summed E-state index contributed by atoms with van der Waals surface area (Å²) in [7, 11) is 1.55. The highest BCUT2D eigenvalue weighted by Gasteiger charge is 2.78. The predicted octanol–water partition coefficient (Wildman–Crippen LogP) is 4.90. The van der Waals surface area contributed by atoms with Gasteiger partial charge in [-0.1, -0.05) is 0 Å². The number of carbonyl (C=O) groups is 2. The molecule has 0 N–H and O–H groups in total. The third-order valence-electron chi connectivity index (χ3n) is 3.36. The van der Waals surface area contributed by atoms with E-state index in [0.717, 1.165) is 20.3 Å². The number of rotatable bonds is 8. The molecule has 32 heavy (non-hydrogen) atoms. The van der Waals surface area contributed by atoms with E-state index >= 15 is 0 Å². The summed E-state index contributed by atoms with van der Waals surface area (Å²) in [5.41, 5.74) is -1.64. The molecule has 0 radical (unpaired) electrons. The van der Waals surface area contributed by atoms with Gasteiger partial charge in [0.2, 0.25) is 0 Å². The Hall–Kier alpha value is -2.49. The highest BCUT2D eigenvalue weighted by molar-refractivity contribution is 6.22. The van der Waals surface area contributed by atoms with Crippen LogP contribution in [0.2, 0.25) is 0 Å². The zero-order valence-electron chi connectivity index (χ0n) is 15.3. The molecule has 0 aliphatic heterocycles. The van der Waals surface area contributed by atoms with Crippen molar-refractivity contribution in [1.82, 2.24) is 0 Å². The van der Waals surface area contributed by atoms with Crippen molar-refractivity contribution in [2.45, 2.75) is 29.6 Å². The van der Waals surface area contributed by atoms with Crippen molar-refractivity contribution in [1.29, 1.82) is 0 Å². The number of esters is 2. The number of hydrogen-bond donors (Lipinski definition) is 0. The van der Waals surface area contributed by atoms with Crippen LogP contribution in [0, 0.1) is 0 Å². The quantitative estimate of drug-likeness (QED) is 0.281. The summed E-state index contributed by atoms with van der Waals surface area (Å²) in [6, 6.07) is 1.66. The van der Waals surface area contributed by atoms with Gasteiger partial charge in [0, 0.05) is 0 Å². The van der Waals surface area contributed by atoms with Gasteiger partial charge in [-0.15, -0.1) is 0 Å². The minimum atomic E-state index is -7.16. The maximum Gasteiger partial charge on any atom is 0.476 e. The summed E-state index contributed by atoms with van der Waals surface area (Å²) in [6.07, 6.45) is -20.0. The van der Waals surface area contributed by atoms with E-state index in [2.05, 4.69) is 30.5 Å². The third-order valence-corrected chi connectivity index (χ3v) is 3.66. The molecule has 0 heterocycles. The Morgan fingerprint density at radius 3 is 1.75 bits per heavy atom. The van der Waals surface area contributed by atoms with E-state index in [1.807, 2.05) is 0 Å². The first kappa shape index (κ1) is 27.5. The zero-order valence-corrected chi connectivity index (χ0v) is 16.1. The Labute approximate surface area is 175 Å². The van der Waals surface area contributed by atoms with Crippen LogP contribution in [0.1, 0.15) is 20.7 Å². The lowest BCUT2D eigenvalue weighted by Crippen LogP contribution is -2.59. The maximum atomic E-state index is 14.1.